The normalized spacial score (nSPS) is 17.1. The van der Waals surface area contributed by atoms with Crippen LogP contribution in [0.1, 0.15) is 31.7 Å². The number of ether oxygens (including phenoxy) is 2. The fraction of sp³-hybridized carbons (Fsp3) is 0.355. The summed E-state index contributed by atoms with van der Waals surface area (Å²) in [5.74, 6) is 1.000. The molecule has 0 radical (unpaired) electrons. The summed E-state index contributed by atoms with van der Waals surface area (Å²) < 4.78 is 10.8. The Labute approximate surface area is 261 Å². The Hall–Kier alpha value is -5.24. The summed E-state index contributed by atoms with van der Waals surface area (Å²) in [6, 6.07) is 5.75. The molecule has 1 saturated heterocycles. The second-order valence-electron chi connectivity index (χ2n) is 10.8. The Bertz CT molecular complexity index is 1610. The number of aromatic amines is 1. The van der Waals surface area contributed by atoms with E-state index in [9.17, 15) is 4.79 Å². The number of likely N-dealkylation sites (tertiary alicyclic amines) is 1. The van der Waals surface area contributed by atoms with Gasteiger partial charge in [0, 0.05) is 49.2 Å². The van der Waals surface area contributed by atoms with Gasteiger partial charge >= 0.3 is 6.08 Å². The van der Waals surface area contributed by atoms with E-state index in [-0.39, 0.29) is 37.0 Å². The molecule has 2 aliphatic rings. The molecule has 8 N–H and O–H groups in total. The molecule has 1 aromatic carbocycles. The minimum Gasteiger partial charge on any atom is -0.446 e. The topological polar surface area (TPSA) is 210 Å². The zero-order valence-corrected chi connectivity index (χ0v) is 25.7. The number of benzene rings is 1. The molecule has 14 heteroatoms. The number of nitrogens with zero attached hydrogens (tertiary/aromatic N) is 4. The van der Waals surface area contributed by atoms with Gasteiger partial charge in [0.15, 0.2) is 0 Å². The number of carbonyl (C=O) groups excluding carboxylic acids is 2. The van der Waals surface area contributed by atoms with E-state index in [1.54, 1.807) is 12.3 Å². The number of primary amides is 1. The lowest BCUT2D eigenvalue weighted by Gasteiger charge is -2.16. The molecular weight excluding hydrogens is 576 g/mol. The van der Waals surface area contributed by atoms with Crippen molar-refractivity contribution in [3.63, 3.8) is 0 Å². The number of hydrogen-bond acceptors (Lipinski definition) is 10. The van der Waals surface area contributed by atoms with Crippen LogP contribution in [0.2, 0.25) is 0 Å². The molecule has 5 rings (SSSR count). The predicted octanol–water partition coefficient (Wildman–Crippen LogP) is 3.05. The lowest BCUT2D eigenvalue weighted by molar-refractivity contribution is -0.117. The Morgan fingerprint density at radius 1 is 1.31 bits per heavy atom. The van der Waals surface area contributed by atoms with Gasteiger partial charge in [-0.3, -0.25) is 14.5 Å². The quantitative estimate of drug-likeness (QED) is 0.0854. The van der Waals surface area contributed by atoms with Crippen LogP contribution in [-0.2, 0) is 19.1 Å². The number of allylic oxidation sites excluding steroid dienone is 2. The molecule has 0 spiro atoms. The number of rotatable bonds is 10. The van der Waals surface area contributed by atoms with Crippen molar-refractivity contribution in [3.05, 3.63) is 60.3 Å². The number of nitrogens with one attached hydrogen (secondary N) is 4. The lowest BCUT2D eigenvalue weighted by atomic mass is 10.1. The van der Waals surface area contributed by atoms with Gasteiger partial charge in [0.1, 0.15) is 11.9 Å². The van der Waals surface area contributed by atoms with Gasteiger partial charge in [-0.15, -0.1) is 0 Å². The van der Waals surface area contributed by atoms with Crippen LogP contribution in [-0.4, -0.2) is 76.9 Å². The maximum absolute atomic E-state index is 13.0. The number of para-hydroxylation sites is 1. The van der Waals surface area contributed by atoms with Crippen molar-refractivity contribution in [1.82, 2.24) is 25.2 Å². The number of carbonyl (C=O) groups is 2. The second-order valence-corrected chi connectivity index (χ2v) is 10.8. The van der Waals surface area contributed by atoms with Crippen LogP contribution in [0.25, 0.3) is 22.2 Å². The van der Waals surface area contributed by atoms with Crippen LogP contribution in [0.5, 0.6) is 0 Å². The number of amidine groups is 1. The molecule has 1 aliphatic carbocycles. The van der Waals surface area contributed by atoms with E-state index in [0.717, 1.165) is 39.8 Å². The summed E-state index contributed by atoms with van der Waals surface area (Å²) in [5.41, 5.74) is 15.0. The molecule has 238 valence electrons. The maximum atomic E-state index is 13.0. The predicted molar refractivity (Wildman–Crippen MR) is 174 cm³/mol. The van der Waals surface area contributed by atoms with Crippen molar-refractivity contribution in [2.24, 2.45) is 22.4 Å². The lowest BCUT2D eigenvalue weighted by Crippen LogP contribution is -2.33. The van der Waals surface area contributed by atoms with E-state index in [1.165, 1.54) is 19.1 Å². The molecule has 1 saturated carbocycles. The molecule has 1 aliphatic heterocycles. The van der Waals surface area contributed by atoms with Gasteiger partial charge in [-0.2, -0.15) is 4.99 Å². The van der Waals surface area contributed by atoms with Gasteiger partial charge in [0.05, 0.1) is 29.7 Å². The number of amides is 2. The van der Waals surface area contributed by atoms with Crippen molar-refractivity contribution >= 4 is 46.8 Å². The Morgan fingerprint density at radius 2 is 2.09 bits per heavy atom. The number of aliphatic imine (C=N–C) groups is 1. The minimum absolute atomic E-state index is 0.131. The van der Waals surface area contributed by atoms with Crippen LogP contribution >= 0.6 is 0 Å². The zero-order valence-electron chi connectivity index (χ0n) is 25.7. The molecular formula is C31H40N10O4. The first-order valence-electron chi connectivity index (χ1n) is 14.6. The number of H-pyrrole nitrogens is 1. The van der Waals surface area contributed by atoms with Crippen molar-refractivity contribution in [2.45, 2.75) is 39.2 Å². The molecule has 3 heterocycles. The summed E-state index contributed by atoms with van der Waals surface area (Å²) in [4.78, 5) is 40.2. The summed E-state index contributed by atoms with van der Waals surface area (Å²) in [7, 11) is 1.81. The largest absolute Gasteiger partial charge is 0.446 e. The van der Waals surface area contributed by atoms with E-state index < -0.39 is 0 Å². The first-order chi connectivity index (χ1) is 21.7. The SMILES string of the molecule is CN/C(C)=C\C(N)=N/c1ncc(C)c(-c2c[nH]c3c(NC(=O)CN4CCC(OC(=N)O/C=C/C5CC5)C4)cccc23)n1.NC=O. The fourth-order valence-corrected chi connectivity index (χ4v) is 4.77. The molecule has 3 aromatic rings. The van der Waals surface area contributed by atoms with Crippen LogP contribution in [0, 0.1) is 18.3 Å². The van der Waals surface area contributed by atoms with E-state index in [1.807, 2.05) is 56.3 Å². The monoisotopic (exact) mass is 616 g/mol. The van der Waals surface area contributed by atoms with Crippen LogP contribution in [0.3, 0.4) is 0 Å². The van der Waals surface area contributed by atoms with Crippen molar-refractivity contribution in [1.29, 1.82) is 5.41 Å². The standard InChI is InChI=1S/C30H37N9O3.CH3NO/c1-18-14-35-30(37-25(31)13-19(2)33-3)38-27(18)23-15-34-28-22(23)5-4-6-24(28)36-26(40)17-39-11-9-21(16-39)42-29(32)41-12-10-20-7-8-20;2-1-3/h4-6,10,12-15,20-21,32-34H,7-9,11,16-17H2,1-3H3,(H,36,40)(H2,31,35,37,38);1H,(H2,2,3)/b12-10+,19-13-,32-29?;. The highest BCUT2D eigenvalue weighted by Gasteiger charge is 2.27. The highest BCUT2D eigenvalue weighted by atomic mass is 16.7. The Balaban J connectivity index is 0.00000148. The van der Waals surface area contributed by atoms with Gasteiger partial charge < -0.3 is 36.6 Å². The zero-order chi connectivity index (χ0) is 32.3. The van der Waals surface area contributed by atoms with Crippen LogP contribution in [0.4, 0.5) is 11.6 Å². The van der Waals surface area contributed by atoms with Gasteiger partial charge in [0.25, 0.3) is 5.95 Å². The number of aryl methyl sites for hydroxylation is 1. The van der Waals surface area contributed by atoms with Crippen LogP contribution < -0.4 is 22.1 Å². The Morgan fingerprint density at radius 3 is 2.82 bits per heavy atom. The molecule has 2 aromatic heterocycles. The van der Waals surface area contributed by atoms with Gasteiger partial charge in [-0.1, -0.05) is 12.1 Å². The highest BCUT2D eigenvalue weighted by Crippen LogP contribution is 2.33. The van der Waals surface area contributed by atoms with Crippen LogP contribution in [0.15, 0.2) is 59.7 Å². The third kappa shape index (κ3) is 9.37. The summed E-state index contributed by atoms with van der Waals surface area (Å²) in [6.45, 7) is 5.30. The number of anilines is 1. The third-order valence-corrected chi connectivity index (χ3v) is 7.21. The number of nitrogens with two attached hydrogens (primary N) is 2. The van der Waals surface area contributed by atoms with E-state index in [4.69, 9.17) is 25.4 Å². The molecule has 1 unspecified atom stereocenters. The summed E-state index contributed by atoms with van der Waals surface area (Å²) in [5, 5.41) is 14.8. The maximum Gasteiger partial charge on any atom is 0.385 e. The minimum atomic E-state index is -0.209. The second kappa shape index (κ2) is 15.5. The van der Waals surface area contributed by atoms with E-state index in [0.29, 0.717) is 30.5 Å². The molecule has 1 atom stereocenters. The number of aromatic nitrogens is 3. The molecule has 0 bridgehead atoms. The van der Waals surface area contributed by atoms with Gasteiger partial charge in [-0.05, 0) is 62.8 Å². The van der Waals surface area contributed by atoms with Gasteiger partial charge in [0.2, 0.25) is 12.3 Å². The van der Waals surface area contributed by atoms with E-state index >= 15 is 0 Å². The van der Waals surface area contributed by atoms with E-state index in [2.05, 4.69) is 36.3 Å². The molecule has 45 heavy (non-hydrogen) atoms. The highest BCUT2D eigenvalue weighted by molar-refractivity contribution is 6.06. The first kappa shape index (κ1) is 32.7. The molecule has 14 nitrogen and oxygen atoms in total. The number of hydrogen-bond donors (Lipinski definition) is 6. The molecule has 2 fully saturated rings. The smallest absolute Gasteiger partial charge is 0.385 e. The van der Waals surface area contributed by atoms with Crippen molar-refractivity contribution in [2.75, 3.05) is 32.0 Å². The van der Waals surface area contributed by atoms with Crippen molar-refractivity contribution in [3.8, 4) is 11.3 Å². The molecule has 2 amide bonds. The third-order valence-electron chi connectivity index (χ3n) is 7.21. The average molecular weight is 617 g/mol. The Kier molecular flexibility index (Phi) is 11.2. The summed E-state index contributed by atoms with van der Waals surface area (Å²) >= 11 is 0. The average Bonchev–Trinajstić information content (AvgIpc) is 3.56. The first-order valence-corrected chi connectivity index (χ1v) is 14.6. The summed E-state index contributed by atoms with van der Waals surface area (Å²) in [6.07, 6.45) is 11.7. The number of fused-ring (bicyclic) bond motifs is 1. The van der Waals surface area contributed by atoms with Crippen molar-refractivity contribution < 1.29 is 19.1 Å². The fourth-order valence-electron chi connectivity index (χ4n) is 4.77. The van der Waals surface area contributed by atoms with Gasteiger partial charge in [-0.25, -0.2) is 15.4 Å².